The molecule has 0 aliphatic carbocycles. The van der Waals surface area contributed by atoms with Crippen LogP contribution in [0.25, 0.3) is 0 Å². The molecule has 1 aliphatic heterocycles. The molecule has 2 aromatic carbocycles. The second-order valence-electron chi connectivity index (χ2n) is 6.74. The molecule has 0 spiro atoms. The number of rotatable bonds is 3. The molecule has 7 heteroatoms. The van der Waals surface area contributed by atoms with Crippen molar-refractivity contribution >= 4 is 24.0 Å². The van der Waals surface area contributed by atoms with Crippen molar-refractivity contribution in [1.82, 2.24) is 5.32 Å². The van der Waals surface area contributed by atoms with Gasteiger partial charge in [0.15, 0.2) is 11.6 Å². The van der Waals surface area contributed by atoms with Crippen molar-refractivity contribution in [3.05, 3.63) is 53.3 Å². The Morgan fingerprint density at radius 2 is 2.04 bits per heavy atom. The third-order valence-corrected chi connectivity index (χ3v) is 4.21. The minimum Gasteiger partial charge on any atom is -0.494 e. The largest absolute Gasteiger partial charge is 0.494 e. The molecule has 0 radical (unpaired) electrons. The number of carbonyl (C=O) groups is 1. The Bertz CT molecular complexity index is 826. The Morgan fingerprint density at radius 3 is 2.73 bits per heavy atom. The molecule has 0 aromatic heterocycles. The zero-order valence-electron chi connectivity index (χ0n) is 14.8. The van der Waals surface area contributed by atoms with Crippen LogP contribution in [0.15, 0.2) is 36.4 Å². The van der Waals surface area contributed by atoms with Crippen molar-refractivity contribution in [2.75, 3.05) is 12.8 Å². The quantitative estimate of drug-likeness (QED) is 0.793. The highest BCUT2D eigenvalue weighted by Gasteiger charge is 2.34. The summed E-state index contributed by atoms with van der Waals surface area (Å²) in [5, 5.41) is 2.99. The van der Waals surface area contributed by atoms with Gasteiger partial charge in [0, 0.05) is 23.2 Å². The Morgan fingerprint density at radius 1 is 1.31 bits per heavy atom. The molecule has 26 heavy (non-hydrogen) atoms. The minimum atomic E-state index is -0.510. The summed E-state index contributed by atoms with van der Waals surface area (Å²) in [6, 6.07) is 9.16. The molecule has 3 rings (SSSR count). The number of nitrogens with two attached hydrogens (primary N) is 1. The zero-order valence-corrected chi connectivity index (χ0v) is 15.7. The van der Waals surface area contributed by atoms with E-state index in [1.54, 1.807) is 12.1 Å². The molecule has 140 valence electrons. The third-order valence-electron chi connectivity index (χ3n) is 4.21. The van der Waals surface area contributed by atoms with E-state index >= 15 is 0 Å². The van der Waals surface area contributed by atoms with Gasteiger partial charge in [-0.1, -0.05) is 0 Å². The van der Waals surface area contributed by atoms with Crippen molar-refractivity contribution < 1.29 is 18.7 Å². The van der Waals surface area contributed by atoms with Crippen LogP contribution in [0.5, 0.6) is 11.5 Å². The van der Waals surface area contributed by atoms with Crippen LogP contribution in [0.1, 0.15) is 42.2 Å². The molecular weight excluding hydrogens is 359 g/mol. The highest BCUT2D eigenvalue weighted by Crippen LogP contribution is 2.40. The Hall–Kier alpha value is -2.47. The molecule has 0 saturated carbocycles. The topological polar surface area (TPSA) is 73.6 Å². The van der Waals surface area contributed by atoms with Gasteiger partial charge in [-0.05, 0) is 50.2 Å². The van der Waals surface area contributed by atoms with Crippen LogP contribution in [0, 0.1) is 5.82 Å². The van der Waals surface area contributed by atoms with E-state index in [0.29, 0.717) is 23.4 Å². The van der Waals surface area contributed by atoms with Crippen molar-refractivity contribution in [1.29, 1.82) is 0 Å². The van der Waals surface area contributed by atoms with Crippen LogP contribution in [0.2, 0.25) is 0 Å². The highest BCUT2D eigenvalue weighted by atomic mass is 35.5. The van der Waals surface area contributed by atoms with Crippen LogP contribution in [-0.4, -0.2) is 18.6 Å². The first-order valence-corrected chi connectivity index (χ1v) is 8.02. The van der Waals surface area contributed by atoms with Crippen LogP contribution >= 0.6 is 12.4 Å². The lowest BCUT2D eigenvalue weighted by atomic mass is 9.89. The zero-order chi connectivity index (χ0) is 18.2. The third kappa shape index (κ3) is 4.02. The molecule has 1 heterocycles. The number of ether oxygens (including phenoxy) is 2. The summed E-state index contributed by atoms with van der Waals surface area (Å²) in [6.45, 7) is 3.93. The Balaban J connectivity index is 0.00000243. The lowest BCUT2D eigenvalue weighted by Crippen LogP contribution is -2.41. The second-order valence-corrected chi connectivity index (χ2v) is 6.74. The lowest BCUT2D eigenvalue weighted by molar-refractivity contribution is 0.0620. The van der Waals surface area contributed by atoms with E-state index in [9.17, 15) is 9.18 Å². The molecule has 1 amide bonds. The van der Waals surface area contributed by atoms with Gasteiger partial charge in [-0.25, -0.2) is 4.39 Å². The standard InChI is InChI=1S/C19H21FN2O3.ClH/c1-19(2)10-15(13-9-12(21)5-7-16(13)25-19)22-18(23)11-4-6-14(20)17(8-11)24-3;/h4-9,15H,10,21H2,1-3H3,(H,22,23);1H. The van der Waals surface area contributed by atoms with Gasteiger partial charge in [0.1, 0.15) is 11.4 Å². The summed E-state index contributed by atoms with van der Waals surface area (Å²) in [5.41, 5.74) is 7.22. The lowest BCUT2D eigenvalue weighted by Gasteiger charge is -2.38. The van der Waals surface area contributed by atoms with E-state index < -0.39 is 11.4 Å². The van der Waals surface area contributed by atoms with Gasteiger partial charge in [0.25, 0.3) is 5.91 Å². The summed E-state index contributed by atoms with van der Waals surface area (Å²) in [7, 11) is 1.36. The number of amides is 1. The molecule has 0 bridgehead atoms. The maximum Gasteiger partial charge on any atom is 0.251 e. The summed E-state index contributed by atoms with van der Waals surface area (Å²) in [4.78, 5) is 12.6. The highest BCUT2D eigenvalue weighted by molar-refractivity contribution is 5.95. The number of hydrogen-bond donors (Lipinski definition) is 2. The van der Waals surface area contributed by atoms with E-state index in [1.165, 1.54) is 25.3 Å². The van der Waals surface area contributed by atoms with Gasteiger partial charge < -0.3 is 20.5 Å². The van der Waals surface area contributed by atoms with Crippen molar-refractivity contribution in [2.24, 2.45) is 0 Å². The van der Waals surface area contributed by atoms with E-state index in [0.717, 1.165) is 5.56 Å². The summed E-state index contributed by atoms with van der Waals surface area (Å²) in [5.74, 6) is -0.0872. The number of methoxy groups -OCH3 is 1. The van der Waals surface area contributed by atoms with Crippen molar-refractivity contribution in [3.63, 3.8) is 0 Å². The van der Waals surface area contributed by atoms with Gasteiger partial charge in [0.2, 0.25) is 0 Å². The SMILES string of the molecule is COc1cc(C(=O)NC2CC(C)(C)Oc3ccc(N)cc32)ccc1F.Cl. The molecule has 5 nitrogen and oxygen atoms in total. The number of benzene rings is 2. The van der Waals surface area contributed by atoms with Gasteiger partial charge >= 0.3 is 0 Å². The van der Waals surface area contributed by atoms with Gasteiger partial charge in [-0.15, -0.1) is 12.4 Å². The number of carbonyl (C=O) groups excluding carboxylic acids is 1. The van der Waals surface area contributed by atoms with Crippen molar-refractivity contribution in [2.45, 2.75) is 31.9 Å². The molecule has 1 unspecified atom stereocenters. The van der Waals surface area contributed by atoms with Crippen LogP contribution in [0.3, 0.4) is 0 Å². The summed E-state index contributed by atoms with van der Waals surface area (Å²) >= 11 is 0. The Labute approximate surface area is 158 Å². The molecule has 0 fully saturated rings. The molecular formula is C19H22ClFN2O3. The second kappa shape index (κ2) is 7.41. The first kappa shape index (κ1) is 19.8. The average molecular weight is 381 g/mol. The van der Waals surface area contributed by atoms with Gasteiger partial charge in [-0.3, -0.25) is 4.79 Å². The fourth-order valence-electron chi connectivity index (χ4n) is 3.04. The summed E-state index contributed by atoms with van der Waals surface area (Å²) < 4.78 is 24.5. The van der Waals surface area contributed by atoms with E-state index in [2.05, 4.69) is 5.32 Å². The fraction of sp³-hybridized carbons (Fsp3) is 0.316. The smallest absolute Gasteiger partial charge is 0.251 e. The predicted octanol–water partition coefficient (Wildman–Crippen LogP) is 3.87. The first-order chi connectivity index (χ1) is 11.8. The Kier molecular flexibility index (Phi) is 5.66. The number of nitrogen functional groups attached to an aromatic ring is 1. The van der Waals surface area contributed by atoms with Crippen LogP contribution in [-0.2, 0) is 0 Å². The van der Waals surface area contributed by atoms with Gasteiger partial charge in [0.05, 0.1) is 13.2 Å². The molecule has 2 aromatic rings. The number of nitrogens with one attached hydrogen (secondary N) is 1. The van der Waals surface area contributed by atoms with Crippen molar-refractivity contribution in [3.8, 4) is 11.5 Å². The molecule has 1 aliphatic rings. The van der Waals surface area contributed by atoms with E-state index in [-0.39, 0.29) is 30.1 Å². The first-order valence-electron chi connectivity index (χ1n) is 8.02. The number of fused-ring (bicyclic) bond motifs is 1. The number of halogens is 2. The molecule has 3 N–H and O–H groups in total. The number of anilines is 1. The van der Waals surface area contributed by atoms with Gasteiger partial charge in [-0.2, -0.15) is 0 Å². The minimum absolute atomic E-state index is 0. The van der Waals surface area contributed by atoms with E-state index in [1.807, 2.05) is 19.9 Å². The summed E-state index contributed by atoms with van der Waals surface area (Å²) in [6.07, 6.45) is 0.591. The maximum absolute atomic E-state index is 13.5. The average Bonchev–Trinajstić information content (AvgIpc) is 2.55. The number of hydrogen-bond acceptors (Lipinski definition) is 4. The van der Waals surface area contributed by atoms with Crippen LogP contribution in [0.4, 0.5) is 10.1 Å². The fourth-order valence-corrected chi connectivity index (χ4v) is 3.04. The predicted molar refractivity (Wildman–Crippen MR) is 101 cm³/mol. The maximum atomic E-state index is 13.5. The molecule has 0 saturated heterocycles. The normalized spacial score (nSPS) is 17.3. The molecule has 1 atom stereocenters. The van der Waals surface area contributed by atoms with E-state index in [4.69, 9.17) is 15.2 Å². The monoisotopic (exact) mass is 380 g/mol. The van der Waals surface area contributed by atoms with Crippen LogP contribution < -0.4 is 20.5 Å².